The minimum absolute atomic E-state index is 0.108. The zero-order valence-corrected chi connectivity index (χ0v) is 12.8. The number of benzene rings is 3. The van der Waals surface area contributed by atoms with Crippen molar-refractivity contribution in [1.82, 2.24) is 0 Å². The third-order valence-electron chi connectivity index (χ3n) is 4.13. The monoisotopic (exact) mass is 290 g/mol. The molecule has 0 N–H and O–H groups in total. The molecule has 0 aliphatic carbocycles. The Morgan fingerprint density at radius 3 is 1.45 bits per heavy atom. The van der Waals surface area contributed by atoms with Crippen LogP contribution in [-0.4, -0.2) is 11.6 Å². The molecule has 0 saturated heterocycles. The minimum atomic E-state index is 0.108. The molecule has 0 radical (unpaired) electrons. The summed E-state index contributed by atoms with van der Waals surface area (Å²) >= 11 is 0. The molecule has 2 nitrogen and oxygen atoms in total. The van der Waals surface area contributed by atoms with E-state index in [9.17, 15) is 9.59 Å². The fourth-order valence-corrected chi connectivity index (χ4v) is 3.00. The molecule has 0 atom stereocenters. The number of rotatable bonds is 4. The summed E-state index contributed by atoms with van der Waals surface area (Å²) in [5, 5.41) is 3.82. The lowest BCUT2D eigenvalue weighted by atomic mass is 9.91. The zero-order chi connectivity index (χ0) is 15.7. The van der Waals surface area contributed by atoms with E-state index in [-0.39, 0.29) is 11.6 Å². The summed E-state index contributed by atoms with van der Waals surface area (Å²) in [6.45, 7) is 3.73. The van der Waals surface area contributed by atoms with Crippen molar-refractivity contribution in [1.29, 1.82) is 0 Å². The van der Waals surface area contributed by atoms with Crippen molar-refractivity contribution in [3.8, 4) is 0 Å². The quantitative estimate of drug-likeness (QED) is 0.490. The molecule has 22 heavy (non-hydrogen) atoms. The van der Waals surface area contributed by atoms with Gasteiger partial charge in [0.25, 0.3) is 0 Å². The Morgan fingerprint density at radius 2 is 1.09 bits per heavy atom. The second kappa shape index (κ2) is 5.72. The lowest BCUT2D eigenvalue weighted by molar-refractivity contribution is 0.0981. The number of carbonyl (C=O) groups excluding carboxylic acids is 2. The highest BCUT2D eigenvalue weighted by Gasteiger charge is 2.15. The average Bonchev–Trinajstić information content (AvgIpc) is 2.58. The van der Waals surface area contributed by atoms with E-state index in [2.05, 4.69) is 0 Å². The molecular formula is C20H18O2. The van der Waals surface area contributed by atoms with Crippen molar-refractivity contribution in [2.75, 3.05) is 0 Å². The van der Waals surface area contributed by atoms with Gasteiger partial charge in [-0.1, -0.05) is 62.4 Å². The molecule has 0 fully saturated rings. The normalized spacial score (nSPS) is 11.0. The van der Waals surface area contributed by atoms with Crippen LogP contribution >= 0.6 is 0 Å². The van der Waals surface area contributed by atoms with Crippen molar-refractivity contribution < 1.29 is 9.59 Å². The molecule has 3 aromatic carbocycles. The Bertz CT molecular complexity index is 816. The summed E-state index contributed by atoms with van der Waals surface area (Å²) in [4.78, 5) is 24.7. The molecule has 0 aromatic heterocycles. The summed E-state index contributed by atoms with van der Waals surface area (Å²) in [7, 11) is 0. The van der Waals surface area contributed by atoms with Crippen molar-refractivity contribution in [3.05, 3.63) is 59.7 Å². The topological polar surface area (TPSA) is 34.1 Å². The molecule has 0 heterocycles. The zero-order valence-electron chi connectivity index (χ0n) is 12.8. The summed E-state index contributed by atoms with van der Waals surface area (Å²) in [5.74, 6) is 0.216. The first-order chi connectivity index (χ1) is 10.7. The van der Waals surface area contributed by atoms with E-state index in [4.69, 9.17) is 0 Å². The van der Waals surface area contributed by atoms with Crippen molar-refractivity contribution in [3.63, 3.8) is 0 Å². The van der Waals surface area contributed by atoms with Crippen LogP contribution in [0.3, 0.4) is 0 Å². The number of Topliss-reactive ketones (excluding diaryl/α,β-unsaturated/α-hetero) is 2. The van der Waals surface area contributed by atoms with E-state index in [0.717, 1.165) is 21.5 Å². The van der Waals surface area contributed by atoms with Gasteiger partial charge in [-0.25, -0.2) is 0 Å². The van der Waals surface area contributed by atoms with Gasteiger partial charge in [0.05, 0.1) is 0 Å². The van der Waals surface area contributed by atoms with Gasteiger partial charge in [-0.2, -0.15) is 0 Å². The Morgan fingerprint density at radius 1 is 0.682 bits per heavy atom. The first-order valence-corrected chi connectivity index (χ1v) is 7.68. The number of hydrogen-bond donors (Lipinski definition) is 0. The van der Waals surface area contributed by atoms with Crippen LogP contribution in [0.5, 0.6) is 0 Å². The molecule has 110 valence electrons. The van der Waals surface area contributed by atoms with Crippen LogP contribution in [-0.2, 0) is 0 Å². The van der Waals surface area contributed by atoms with Gasteiger partial charge >= 0.3 is 0 Å². The van der Waals surface area contributed by atoms with Gasteiger partial charge in [0.15, 0.2) is 11.6 Å². The lowest BCUT2D eigenvalue weighted by Crippen LogP contribution is -2.02. The fraction of sp³-hybridized carbons (Fsp3) is 0.200. The average molecular weight is 290 g/mol. The number of ketones is 2. The minimum Gasteiger partial charge on any atom is -0.294 e. The Kier molecular flexibility index (Phi) is 3.76. The maximum Gasteiger partial charge on any atom is 0.163 e. The van der Waals surface area contributed by atoms with Gasteiger partial charge in [0, 0.05) is 34.7 Å². The Balaban J connectivity index is 2.53. The van der Waals surface area contributed by atoms with E-state index < -0.39 is 0 Å². The molecule has 0 spiro atoms. The number of carbonyl (C=O) groups is 2. The van der Waals surface area contributed by atoms with Crippen LogP contribution in [0.2, 0.25) is 0 Å². The molecule has 2 heteroatoms. The van der Waals surface area contributed by atoms with E-state index in [1.54, 1.807) is 0 Å². The van der Waals surface area contributed by atoms with Gasteiger partial charge in [-0.05, 0) is 10.8 Å². The van der Waals surface area contributed by atoms with Gasteiger partial charge in [0.1, 0.15) is 0 Å². The largest absolute Gasteiger partial charge is 0.294 e. The third-order valence-corrected chi connectivity index (χ3v) is 4.13. The molecule has 3 rings (SSSR count). The van der Waals surface area contributed by atoms with Gasteiger partial charge in [-0.15, -0.1) is 0 Å². The van der Waals surface area contributed by atoms with Gasteiger partial charge in [0.2, 0.25) is 0 Å². The van der Waals surface area contributed by atoms with E-state index in [1.165, 1.54) is 0 Å². The summed E-state index contributed by atoms with van der Waals surface area (Å²) in [6, 6.07) is 15.6. The van der Waals surface area contributed by atoms with Crippen LogP contribution in [0, 0.1) is 0 Å². The Hall–Kier alpha value is -2.48. The first kappa shape index (κ1) is 14.5. The highest BCUT2D eigenvalue weighted by atomic mass is 16.1. The highest BCUT2D eigenvalue weighted by Crippen LogP contribution is 2.32. The highest BCUT2D eigenvalue weighted by molar-refractivity contribution is 6.23. The smallest absolute Gasteiger partial charge is 0.163 e. The maximum absolute atomic E-state index is 12.3. The van der Waals surface area contributed by atoms with Crippen molar-refractivity contribution in [2.45, 2.75) is 26.7 Å². The molecule has 0 bridgehead atoms. The van der Waals surface area contributed by atoms with E-state index in [1.807, 2.05) is 62.4 Å². The standard InChI is InChI=1S/C20H18O2/c1-3-17(21)15-9-5-7-13-11-12-14-8-6-10-16(18(22)4-2)20(14)19(13)15/h5-12H,3-4H2,1-2H3. The molecule has 0 aliphatic heterocycles. The van der Waals surface area contributed by atoms with Gasteiger partial charge < -0.3 is 0 Å². The van der Waals surface area contributed by atoms with Crippen molar-refractivity contribution in [2.24, 2.45) is 0 Å². The fourth-order valence-electron chi connectivity index (χ4n) is 3.00. The van der Waals surface area contributed by atoms with Crippen LogP contribution < -0.4 is 0 Å². The van der Waals surface area contributed by atoms with E-state index in [0.29, 0.717) is 24.0 Å². The molecule has 0 aliphatic rings. The van der Waals surface area contributed by atoms with Crippen LogP contribution in [0.25, 0.3) is 21.5 Å². The lowest BCUT2D eigenvalue weighted by Gasteiger charge is -2.12. The first-order valence-electron chi connectivity index (χ1n) is 7.68. The Labute approximate surface area is 129 Å². The predicted molar refractivity (Wildman–Crippen MR) is 90.7 cm³/mol. The second-order valence-corrected chi connectivity index (χ2v) is 5.43. The number of fused-ring (bicyclic) bond motifs is 3. The third kappa shape index (κ3) is 2.21. The molecule has 3 aromatic rings. The summed E-state index contributed by atoms with van der Waals surface area (Å²) in [6.07, 6.45) is 0.915. The summed E-state index contributed by atoms with van der Waals surface area (Å²) in [5.41, 5.74) is 1.42. The molecular weight excluding hydrogens is 272 g/mol. The van der Waals surface area contributed by atoms with Crippen LogP contribution in [0.1, 0.15) is 47.4 Å². The maximum atomic E-state index is 12.3. The summed E-state index contributed by atoms with van der Waals surface area (Å²) < 4.78 is 0. The van der Waals surface area contributed by atoms with E-state index >= 15 is 0 Å². The van der Waals surface area contributed by atoms with Crippen molar-refractivity contribution >= 4 is 33.1 Å². The number of hydrogen-bond acceptors (Lipinski definition) is 2. The molecule has 0 amide bonds. The van der Waals surface area contributed by atoms with Gasteiger partial charge in [-0.3, -0.25) is 9.59 Å². The predicted octanol–water partition coefficient (Wildman–Crippen LogP) is 5.18. The van der Waals surface area contributed by atoms with Crippen LogP contribution in [0.4, 0.5) is 0 Å². The second-order valence-electron chi connectivity index (χ2n) is 5.43. The SMILES string of the molecule is CCC(=O)c1cccc2ccc3cccc(C(=O)CC)c3c12. The molecule has 0 saturated carbocycles. The van der Waals surface area contributed by atoms with Crippen LogP contribution in [0.15, 0.2) is 48.5 Å². The molecule has 0 unspecified atom stereocenters.